The average molecular weight is 291 g/mol. The third-order valence-corrected chi connectivity index (χ3v) is 3.26. The Balaban J connectivity index is 2.66. The summed E-state index contributed by atoms with van der Waals surface area (Å²) in [6.45, 7) is 13.2. The molecule has 1 aromatic rings. The Morgan fingerprint density at radius 1 is 1.33 bits per heavy atom. The first kappa shape index (κ1) is 17.5. The summed E-state index contributed by atoms with van der Waals surface area (Å²) in [5, 5.41) is 3.48. The van der Waals surface area contributed by atoms with Gasteiger partial charge in [-0.05, 0) is 31.5 Å². The second-order valence-corrected chi connectivity index (χ2v) is 5.03. The Bertz CT molecular complexity index is 407. The molecule has 0 radical (unpaired) electrons. The summed E-state index contributed by atoms with van der Waals surface area (Å²) in [5.74, 6) is -0.298. The van der Waals surface area contributed by atoms with Crippen LogP contribution in [0.25, 0.3) is 0 Å². The molecule has 0 aliphatic rings. The zero-order chi connectivity index (χ0) is 15.5. The highest BCUT2D eigenvalue weighted by atomic mass is 19.1. The van der Waals surface area contributed by atoms with Gasteiger partial charge in [-0.25, -0.2) is 4.39 Å². The van der Waals surface area contributed by atoms with E-state index in [1.54, 1.807) is 6.07 Å². The van der Waals surface area contributed by atoms with E-state index in [-0.39, 0.29) is 11.9 Å². The molecule has 0 bridgehead atoms. The molecule has 0 aromatic carbocycles. The number of hydrogen-bond acceptors (Lipinski definition) is 3. The molecule has 1 unspecified atom stereocenters. The topological polar surface area (TPSA) is 28.2 Å². The summed E-state index contributed by atoms with van der Waals surface area (Å²) in [4.78, 5) is 6.47. The fourth-order valence-electron chi connectivity index (χ4n) is 2.20. The van der Waals surface area contributed by atoms with Gasteiger partial charge in [-0.1, -0.05) is 19.1 Å². The SMILES string of the molecule is C=CCN(CC=C)CCC(NCCC)c1ccc(F)cn1. The number of nitrogens with zero attached hydrogens (tertiary/aromatic N) is 2. The molecule has 1 rings (SSSR count). The first-order valence-corrected chi connectivity index (χ1v) is 7.50. The maximum atomic E-state index is 13.0. The van der Waals surface area contributed by atoms with E-state index in [9.17, 15) is 4.39 Å². The van der Waals surface area contributed by atoms with E-state index in [4.69, 9.17) is 0 Å². The van der Waals surface area contributed by atoms with Crippen LogP contribution in [0, 0.1) is 5.82 Å². The molecule has 1 N–H and O–H groups in total. The normalized spacial score (nSPS) is 12.3. The first-order valence-electron chi connectivity index (χ1n) is 7.50. The van der Waals surface area contributed by atoms with E-state index in [0.29, 0.717) is 0 Å². The summed E-state index contributed by atoms with van der Waals surface area (Å²) in [7, 11) is 0. The van der Waals surface area contributed by atoms with Gasteiger partial charge in [0.25, 0.3) is 0 Å². The van der Waals surface area contributed by atoms with Gasteiger partial charge in [0.2, 0.25) is 0 Å². The Kier molecular flexibility index (Phi) is 8.55. The molecule has 21 heavy (non-hydrogen) atoms. The molecule has 0 aliphatic heterocycles. The van der Waals surface area contributed by atoms with Crippen molar-refractivity contribution in [3.8, 4) is 0 Å². The molecular weight excluding hydrogens is 265 g/mol. The van der Waals surface area contributed by atoms with Gasteiger partial charge in [0, 0.05) is 19.6 Å². The predicted octanol–water partition coefficient (Wildman–Crippen LogP) is 3.33. The molecule has 0 amide bonds. The van der Waals surface area contributed by atoms with Crippen LogP contribution in [0.2, 0.25) is 0 Å². The van der Waals surface area contributed by atoms with Gasteiger partial charge in [0.15, 0.2) is 0 Å². The second kappa shape index (κ2) is 10.2. The second-order valence-electron chi connectivity index (χ2n) is 5.03. The predicted molar refractivity (Wildman–Crippen MR) is 86.7 cm³/mol. The smallest absolute Gasteiger partial charge is 0.141 e. The van der Waals surface area contributed by atoms with Crippen LogP contribution >= 0.6 is 0 Å². The zero-order valence-corrected chi connectivity index (χ0v) is 12.9. The Morgan fingerprint density at radius 2 is 2.05 bits per heavy atom. The summed E-state index contributed by atoms with van der Waals surface area (Å²) < 4.78 is 13.0. The molecule has 1 heterocycles. The molecule has 0 saturated heterocycles. The van der Waals surface area contributed by atoms with Crippen LogP contribution in [0.5, 0.6) is 0 Å². The molecule has 4 heteroatoms. The monoisotopic (exact) mass is 291 g/mol. The van der Waals surface area contributed by atoms with Crippen LogP contribution in [0.15, 0.2) is 43.6 Å². The van der Waals surface area contributed by atoms with Crippen LogP contribution < -0.4 is 5.32 Å². The lowest BCUT2D eigenvalue weighted by Crippen LogP contribution is -2.30. The van der Waals surface area contributed by atoms with Crippen LogP contribution in [0.1, 0.15) is 31.5 Å². The van der Waals surface area contributed by atoms with Crippen LogP contribution in [0.3, 0.4) is 0 Å². The molecule has 1 atom stereocenters. The van der Waals surface area contributed by atoms with Crippen molar-refractivity contribution in [2.75, 3.05) is 26.2 Å². The highest BCUT2D eigenvalue weighted by molar-refractivity contribution is 5.10. The minimum atomic E-state index is -0.298. The zero-order valence-electron chi connectivity index (χ0n) is 12.9. The summed E-state index contributed by atoms with van der Waals surface area (Å²) in [6, 6.07) is 3.37. The number of rotatable bonds is 11. The quantitative estimate of drug-likeness (QED) is 0.634. The Morgan fingerprint density at radius 3 is 2.57 bits per heavy atom. The Labute approximate surface area is 127 Å². The largest absolute Gasteiger partial charge is 0.309 e. The molecule has 0 aliphatic carbocycles. The van der Waals surface area contributed by atoms with Crippen molar-refractivity contribution in [2.45, 2.75) is 25.8 Å². The van der Waals surface area contributed by atoms with E-state index >= 15 is 0 Å². The highest BCUT2D eigenvalue weighted by Crippen LogP contribution is 2.15. The van der Waals surface area contributed by atoms with E-state index in [0.717, 1.165) is 44.7 Å². The number of aromatic nitrogens is 1. The van der Waals surface area contributed by atoms with E-state index < -0.39 is 0 Å². The fourth-order valence-corrected chi connectivity index (χ4v) is 2.20. The lowest BCUT2D eigenvalue weighted by atomic mass is 10.1. The van der Waals surface area contributed by atoms with Gasteiger partial charge in [0.05, 0.1) is 17.9 Å². The number of pyridine rings is 1. The summed E-state index contributed by atoms with van der Waals surface area (Å²) >= 11 is 0. The van der Waals surface area contributed by atoms with Gasteiger partial charge >= 0.3 is 0 Å². The Hall–Kier alpha value is -1.52. The van der Waals surface area contributed by atoms with Crippen LogP contribution in [-0.2, 0) is 0 Å². The van der Waals surface area contributed by atoms with Gasteiger partial charge in [-0.2, -0.15) is 0 Å². The third kappa shape index (κ3) is 6.65. The number of nitrogens with one attached hydrogen (secondary N) is 1. The molecule has 3 nitrogen and oxygen atoms in total. The standard InChI is InChI=1S/C17H26FN3/c1-4-10-19-17(16-8-7-15(18)14-20-16)9-13-21(11-5-2)12-6-3/h5-8,14,17,19H,2-4,9-13H2,1H3. The van der Waals surface area contributed by atoms with Crippen LogP contribution in [0.4, 0.5) is 4.39 Å². The van der Waals surface area contributed by atoms with Crippen LogP contribution in [-0.4, -0.2) is 36.1 Å². The van der Waals surface area contributed by atoms with Gasteiger partial charge < -0.3 is 5.32 Å². The minimum Gasteiger partial charge on any atom is -0.309 e. The molecule has 0 fully saturated rings. The lowest BCUT2D eigenvalue weighted by Gasteiger charge is -2.23. The maximum Gasteiger partial charge on any atom is 0.141 e. The highest BCUT2D eigenvalue weighted by Gasteiger charge is 2.13. The summed E-state index contributed by atoms with van der Waals surface area (Å²) in [5.41, 5.74) is 0.891. The van der Waals surface area contributed by atoms with E-state index in [1.165, 1.54) is 12.3 Å². The molecule has 1 aromatic heterocycles. The molecule has 0 saturated carbocycles. The van der Waals surface area contributed by atoms with Gasteiger partial charge in [-0.15, -0.1) is 13.2 Å². The van der Waals surface area contributed by atoms with E-state index in [2.05, 4.69) is 35.3 Å². The van der Waals surface area contributed by atoms with Crippen molar-refractivity contribution < 1.29 is 4.39 Å². The maximum absolute atomic E-state index is 13.0. The van der Waals surface area contributed by atoms with Gasteiger partial charge in [0.1, 0.15) is 5.82 Å². The molecule has 116 valence electrons. The molecule has 0 spiro atoms. The fraction of sp³-hybridized carbons (Fsp3) is 0.471. The summed E-state index contributed by atoms with van der Waals surface area (Å²) in [6.07, 6.45) is 7.05. The first-order chi connectivity index (χ1) is 10.2. The molecular formula is C17H26FN3. The average Bonchev–Trinajstić information content (AvgIpc) is 2.49. The van der Waals surface area contributed by atoms with Crippen molar-refractivity contribution in [1.82, 2.24) is 15.2 Å². The van der Waals surface area contributed by atoms with Crippen molar-refractivity contribution in [1.29, 1.82) is 0 Å². The van der Waals surface area contributed by atoms with Crippen molar-refractivity contribution >= 4 is 0 Å². The van der Waals surface area contributed by atoms with Gasteiger partial charge in [-0.3, -0.25) is 9.88 Å². The number of hydrogen-bond donors (Lipinski definition) is 1. The minimum absolute atomic E-state index is 0.141. The van der Waals surface area contributed by atoms with Crippen molar-refractivity contribution in [2.24, 2.45) is 0 Å². The van der Waals surface area contributed by atoms with Crippen molar-refractivity contribution in [3.05, 3.63) is 55.2 Å². The number of halogens is 1. The third-order valence-electron chi connectivity index (χ3n) is 3.26. The van der Waals surface area contributed by atoms with Crippen molar-refractivity contribution in [3.63, 3.8) is 0 Å². The lowest BCUT2D eigenvalue weighted by molar-refractivity contribution is 0.305. The van der Waals surface area contributed by atoms with E-state index in [1.807, 2.05) is 12.2 Å².